The van der Waals surface area contributed by atoms with Gasteiger partial charge in [-0.25, -0.2) is 4.98 Å². The molecule has 2 aliphatic rings. The van der Waals surface area contributed by atoms with Gasteiger partial charge in [-0.2, -0.15) is 4.98 Å². The predicted octanol–water partition coefficient (Wildman–Crippen LogP) is 0.833. The fraction of sp³-hybridized carbons (Fsp3) is 0.688. The lowest BCUT2D eigenvalue weighted by Gasteiger charge is -2.36. The third-order valence-corrected chi connectivity index (χ3v) is 4.53. The number of piperazine rings is 1. The number of rotatable bonds is 3. The van der Waals surface area contributed by atoms with Crippen molar-refractivity contribution in [2.75, 3.05) is 50.0 Å². The van der Waals surface area contributed by atoms with Crippen molar-refractivity contribution in [3.8, 4) is 0 Å². The van der Waals surface area contributed by atoms with Crippen LogP contribution in [0.5, 0.6) is 0 Å². The van der Waals surface area contributed by atoms with Crippen molar-refractivity contribution in [3.63, 3.8) is 0 Å². The molecule has 2 fully saturated rings. The van der Waals surface area contributed by atoms with E-state index in [1.807, 2.05) is 17.9 Å². The summed E-state index contributed by atoms with van der Waals surface area (Å²) in [6, 6.07) is 1.94. The number of aryl methyl sites for hydroxylation is 1. The normalized spacial score (nSPS) is 22.2. The standard InChI is InChI=1S/C16H25N5O2/c1-12-9-14(19-16(17)18-12)20-4-6-21(7-5-20)15(22)10-13-3-2-8-23-11-13/h9,13H,2-8,10-11H2,1H3,(H2,17,18,19). The predicted molar refractivity (Wildman–Crippen MR) is 88.1 cm³/mol. The molecule has 23 heavy (non-hydrogen) atoms. The van der Waals surface area contributed by atoms with E-state index in [-0.39, 0.29) is 5.91 Å². The third-order valence-electron chi connectivity index (χ3n) is 4.53. The highest BCUT2D eigenvalue weighted by atomic mass is 16.5. The Morgan fingerprint density at radius 1 is 1.35 bits per heavy atom. The van der Waals surface area contributed by atoms with E-state index in [0.717, 1.165) is 63.7 Å². The van der Waals surface area contributed by atoms with Crippen LogP contribution in [0.4, 0.5) is 11.8 Å². The van der Waals surface area contributed by atoms with Crippen molar-refractivity contribution in [1.82, 2.24) is 14.9 Å². The number of carbonyl (C=O) groups is 1. The molecule has 0 radical (unpaired) electrons. The number of amides is 1. The molecule has 126 valence electrons. The van der Waals surface area contributed by atoms with Crippen LogP contribution in [0.3, 0.4) is 0 Å². The summed E-state index contributed by atoms with van der Waals surface area (Å²) in [7, 11) is 0. The zero-order chi connectivity index (χ0) is 16.2. The van der Waals surface area contributed by atoms with Crippen LogP contribution in [0, 0.1) is 12.8 Å². The Morgan fingerprint density at radius 3 is 2.78 bits per heavy atom. The van der Waals surface area contributed by atoms with E-state index in [0.29, 0.717) is 18.3 Å². The SMILES string of the molecule is Cc1cc(N2CCN(C(=O)CC3CCCOC3)CC2)nc(N)n1. The first kappa shape index (κ1) is 16.0. The summed E-state index contributed by atoms with van der Waals surface area (Å²) in [4.78, 5) is 24.9. The van der Waals surface area contributed by atoms with E-state index in [2.05, 4.69) is 14.9 Å². The monoisotopic (exact) mass is 319 g/mol. The minimum Gasteiger partial charge on any atom is -0.381 e. The van der Waals surface area contributed by atoms with E-state index >= 15 is 0 Å². The van der Waals surface area contributed by atoms with Crippen molar-refractivity contribution < 1.29 is 9.53 Å². The minimum absolute atomic E-state index is 0.249. The summed E-state index contributed by atoms with van der Waals surface area (Å²) in [5.74, 6) is 1.79. The van der Waals surface area contributed by atoms with Crippen LogP contribution in [-0.2, 0) is 9.53 Å². The summed E-state index contributed by atoms with van der Waals surface area (Å²) in [6.45, 7) is 6.50. The van der Waals surface area contributed by atoms with E-state index in [9.17, 15) is 4.79 Å². The molecule has 1 aromatic rings. The van der Waals surface area contributed by atoms with Crippen molar-refractivity contribution in [1.29, 1.82) is 0 Å². The number of nitrogens with zero attached hydrogens (tertiary/aromatic N) is 4. The van der Waals surface area contributed by atoms with Crippen molar-refractivity contribution >= 4 is 17.7 Å². The summed E-state index contributed by atoms with van der Waals surface area (Å²) in [5.41, 5.74) is 6.58. The summed E-state index contributed by atoms with van der Waals surface area (Å²) in [5, 5.41) is 0. The van der Waals surface area contributed by atoms with Crippen molar-refractivity contribution in [3.05, 3.63) is 11.8 Å². The minimum atomic E-state index is 0.249. The van der Waals surface area contributed by atoms with E-state index in [1.165, 1.54) is 0 Å². The lowest BCUT2D eigenvalue weighted by atomic mass is 9.98. The molecule has 2 aliphatic heterocycles. The molecular formula is C16H25N5O2. The second-order valence-corrected chi connectivity index (χ2v) is 6.38. The molecule has 0 bridgehead atoms. The zero-order valence-corrected chi connectivity index (χ0v) is 13.7. The Hall–Kier alpha value is -1.89. The number of nitrogens with two attached hydrogens (primary N) is 1. The number of ether oxygens (including phenoxy) is 1. The fourth-order valence-corrected chi connectivity index (χ4v) is 3.27. The maximum absolute atomic E-state index is 12.4. The van der Waals surface area contributed by atoms with E-state index < -0.39 is 0 Å². The molecule has 7 nitrogen and oxygen atoms in total. The number of nitrogen functional groups attached to an aromatic ring is 1. The largest absolute Gasteiger partial charge is 0.381 e. The van der Waals surface area contributed by atoms with Gasteiger partial charge in [0.05, 0.1) is 0 Å². The topological polar surface area (TPSA) is 84.6 Å². The summed E-state index contributed by atoms with van der Waals surface area (Å²) < 4.78 is 5.46. The second kappa shape index (κ2) is 7.12. The van der Waals surface area contributed by atoms with Crippen LogP contribution >= 0.6 is 0 Å². The maximum Gasteiger partial charge on any atom is 0.223 e. The van der Waals surface area contributed by atoms with Crippen LogP contribution in [0.25, 0.3) is 0 Å². The van der Waals surface area contributed by atoms with Crippen LogP contribution in [-0.4, -0.2) is 60.2 Å². The van der Waals surface area contributed by atoms with Crippen molar-refractivity contribution in [2.45, 2.75) is 26.2 Å². The van der Waals surface area contributed by atoms with Crippen molar-refractivity contribution in [2.24, 2.45) is 5.92 Å². The summed E-state index contributed by atoms with van der Waals surface area (Å²) >= 11 is 0. The molecule has 0 spiro atoms. The van der Waals surface area contributed by atoms with Gasteiger partial charge in [-0.1, -0.05) is 0 Å². The zero-order valence-electron chi connectivity index (χ0n) is 13.7. The van der Waals surface area contributed by atoms with Crippen LogP contribution in [0.2, 0.25) is 0 Å². The average Bonchev–Trinajstić information content (AvgIpc) is 2.55. The Balaban J connectivity index is 1.52. The average molecular weight is 319 g/mol. The van der Waals surface area contributed by atoms with Crippen LogP contribution < -0.4 is 10.6 Å². The molecule has 2 N–H and O–H groups in total. The lowest BCUT2D eigenvalue weighted by Crippen LogP contribution is -2.49. The molecule has 1 atom stereocenters. The smallest absolute Gasteiger partial charge is 0.223 e. The Bertz CT molecular complexity index is 531. The molecule has 0 saturated carbocycles. The molecule has 1 aromatic heterocycles. The van der Waals surface area contributed by atoms with Gasteiger partial charge in [0.2, 0.25) is 11.9 Å². The molecule has 0 aromatic carbocycles. The fourth-order valence-electron chi connectivity index (χ4n) is 3.27. The van der Waals surface area contributed by atoms with E-state index in [4.69, 9.17) is 10.5 Å². The molecule has 3 heterocycles. The Labute approximate surface area is 136 Å². The Kier molecular flexibility index (Phi) is 4.95. The summed E-state index contributed by atoms with van der Waals surface area (Å²) in [6.07, 6.45) is 2.78. The number of hydrogen-bond donors (Lipinski definition) is 1. The molecule has 2 saturated heterocycles. The third kappa shape index (κ3) is 4.10. The van der Waals surface area contributed by atoms with Gasteiger partial charge in [0.1, 0.15) is 5.82 Å². The van der Waals surface area contributed by atoms with Gasteiger partial charge >= 0.3 is 0 Å². The number of anilines is 2. The van der Waals surface area contributed by atoms with Gasteiger partial charge in [-0.05, 0) is 25.7 Å². The van der Waals surface area contributed by atoms with Gasteiger partial charge in [-0.3, -0.25) is 4.79 Å². The first-order valence-electron chi connectivity index (χ1n) is 8.33. The highest BCUT2D eigenvalue weighted by molar-refractivity contribution is 5.76. The van der Waals surface area contributed by atoms with Gasteiger partial charge in [0, 0.05) is 57.6 Å². The molecule has 1 amide bonds. The first-order chi connectivity index (χ1) is 11.1. The number of aromatic nitrogens is 2. The maximum atomic E-state index is 12.4. The highest BCUT2D eigenvalue weighted by Gasteiger charge is 2.25. The molecule has 3 rings (SSSR count). The number of carbonyl (C=O) groups excluding carboxylic acids is 1. The van der Waals surface area contributed by atoms with E-state index in [1.54, 1.807) is 0 Å². The van der Waals surface area contributed by atoms with Gasteiger partial charge in [-0.15, -0.1) is 0 Å². The first-order valence-corrected chi connectivity index (χ1v) is 8.33. The van der Waals surface area contributed by atoms with Crippen LogP contribution in [0.15, 0.2) is 6.07 Å². The van der Waals surface area contributed by atoms with Crippen LogP contribution in [0.1, 0.15) is 25.0 Å². The molecule has 1 unspecified atom stereocenters. The molecule has 7 heteroatoms. The highest BCUT2D eigenvalue weighted by Crippen LogP contribution is 2.20. The molecule has 0 aliphatic carbocycles. The second-order valence-electron chi connectivity index (χ2n) is 6.38. The van der Waals surface area contributed by atoms with Gasteiger partial charge in [0.25, 0.3) is 0 Å². The van der Waals surface area contributed by atoms with Gasteiger partial charge < -0.3 is 20.3 Å². The van der Waals surface area contributed by atoms with Gasteiger partial charge in [0.15, 0.2) is 0 Å². The lowest BCUT2D eigenvalue weighted by molar-refractivity contribution is -0.133. The number of hydrogen-bond acceptors (Lipinski definition) is 6. The molecular weight excluding hydrogens is 294 g/mol. The Morgan fingerprint density at radius 2 is 2.13 bits per heavy atom. The quantitative estimate of drug-likeness (QED) is 0.888.